The van der Waals surface area contributed by atoms with Crippen LogP contribution < -0.4 is 24.0 Å². The second-order valence-corrected chi connectivity index (χ2v) is 7.50. The summed E-state index contributed by atoms with van der Waals surface area (Å²) in [5, 5.41) is 9.16. The van der Waals surface area contributed by atoms with Crippen LogP contribution in [0.4, 0.5) is 0 Å². The zero-order chi connectivity index (χ0) is 17.2. The summed E-state index contributed by atoms with van der Waals surface area (Å²) in [6.07, 6.45) is 17.3. The number of unbranched alkanes of at least 4 members (excludes halogenated alkanes) is 9. The first-order chi connectivity index (χ1) is 11.2. The van der Waals surface area contributed by atoms with Crippen LogP contribution in [0.3, 0.4) is 0 Å². The van der Waals surface area contributed by atoms with Crippen molar-refractivity contribution in [3.63, 3.8) is 0 Å². The highest BCUT2D eigenvalue weighted by Crippen LogP contribution is 2.18. The SMILES string of the molecule is CCCCCC[N+](CCCCC)(CCCCO)CCCCCC.[I-]. The Morgan fingerprint density at radius 2 is 0.833 bits per heavy atom. The van der Waals surface area contributed by atoms with E-state index in [-0.39, 0.29) is 24.0 Å². The van der Waals surface area contributed by atoms with E-state index in [2.05, 4.69) is 20.8 Å². The molecule has 0 spiro atoms. The fraction of sp³-hybridized carbons (Fsp3) is 1.00. The Bertz CT molecular complexity index is 212. The molecule has 0 aliphatic rings. The van der Waals surface area contributed by atoms with Crippen LogP contribution in [0, 0.1) is 0 Å². The molecule has 0 aromatic carbocycles. The van der Waals surface area contributed by atoms with Gasteiger partial charge in [0.2, 0.25) is 0 Å². The topological polar surface area (TPSA) is 20.2 Å². The van der Waals surface area contributed by atoms with Crippen LogP contribution >= 0.6 is 0 Å². The first-order valence-corrected chi connectivity index (χ1v) is 10.7. The Morgan fingerprint density at radius 3 is 1.21 bits per heavy atom. The number of aliphatic hydroxyl groups is 1. The van der Waals surface area contributed by atoms with Gasteiger partial charge >= 0.3 is 0 Å². The third kappa shape index (κ3) is 14.9. The number of halogens is 1. The normalized spacial score (nSPS) is 11.5. The minimum Gasteiger partial charge on any atom is -1.00 e. The summed E-state index contributed by atoms with van der Waals surface area (Å²) < 4.78 is 1.34. The van der Waals surface area contributed by atoms with Crippen LogP contribution in [-0.2, 0) is 0 Å². The molecule has 0 atom stereocenters. The Hall–Kier alpha value is 0.650. The van der Waals surface area contributed by atoms with Gasteiger partial charge in [0.05, 0.1) is 26.2 Å². The second-order valence-electron chi connectivity index (χ2n) is 7.50. The average Bonchev–Trinajstić information content (AvgIpc) is 2.56. The monoisotopic (exact) mass is 455 g/mol. The molecule has 3 heteroatoms. The van der Waals surface area contributed by atoms with Gasteiger partial charge in [-0.2, -0.15) is 0 Å². The van der Waals surface area contributed by atoms with E-state index in [4.69, 9.17) is 5.11 Å². The molecular weight excluding hydrogens is 409 g/mol. The van der Waals surface area contributed by atoms with Crippen molar-refractivity contribution in [2.24, 2.45) is 0 Å². The lowest BCUT2D eigenvalue weighted by molar-refractivity contribution is -0.929. The van der Waals surface area contributed by atoms with Crippen molar-refractivity contribution in [1.29, 1.82) is 0 Å². The lowest BCUT2D eigenvalue weighted by Gasteiger charge is -2.39. The molecule has 0 unspecified atom stereocenters. The predicted molar refractivity (Wildman–Crippen MR) is 104 cm³/mol. The van der Waals surface area contributed by atoms with Crippen molar-refractivity contribution >= 4 is 0 Å². The molecule has 2 nitrogen and oxygen atoms in total. The minimum atomic E-state index is 0. The summed E-state index contributed by atoms with van der Waals surface area (Å²) in [6, 6.07) is 0. The van der Waals surface area contributed by atoms with Gasteiger partial charge < -0.3 is 33.6 Å². The maximum Gasteiger partial charge on any atom is 0.0787 e. The first-order valence-electron chi connectivity index (χ1n) is 10.7. The van der Waals surface area contributed by atoms with Crippen LogP contribution in [0.1, 0.15) is 104 Å². The Morgan fingerprint density at radius 1 is 0.500 bits per heavy atom. The van der Waals surface area contributed by atoms with Crippen LogP contribution in [0.5, 0.6) is 0 Å². The van der Waals surface area contributed by atoms with Crippen molar-refractivity contribution in [3.05, 3.63) is 0 Å². The lowest BCUT2D eigenvalue weighted by atomic mass is 10.1. The molecule has 1 N–H and O–H groups in total. The second kappa shape index (κ2) is 20.0. The fourth-order valence-corrected chi connectivity index (χ4v) is 3.68. The van der Waals surface area contributed by atoms with Gasteiger partial charge in [0.1, 0.15) is 0 Å². The van der Waals surface area contributed by atoms with Crippen molar-refractivity contribution in [2.75, 3.05) is 32.8 Å². The molecule has 0 saturated heterocycles. The van der Waals surface area contributed by atoms with Crippen molar-refractivity contribution in [2.45, 2.75) is 104 Å². The number of rotatable bonds is 18. The smallest absolute Gasteiger partial charge is 0.0787 e. The van der Waals surface area contributed by atoms with Crippen molar-refractivity contribution in [3.8, 4) is 0 Å². The van der Waals surface area contributed by atoms with E-state index >= 15 is 0 Å². The standard InChI is InChI=1S/C21H46NO.HI/c1-4-7-10-13-18-22(17-12-9-6-3,20-15-16-21-23)19-14-11-8-5-2;/h23H,4-21H2,1-3H3;1H/q+1;/p-1. The van der Waals surface area contributed by atoms with Gasteiger partial charge in [-0.3, -0.25) is 0 Å². The molecule has 0 fully saturated rings. The molecule has 0 rings (SSSR count). The third-order valence-corrected chi connectivity index (χ3v) is 5.25. The highest BCUT2D eigenvalue weighted by molar-refractivity contribution is 4.52. The third-order valence-electron chi connectivity index (χ3n) is 5.25. The van der Waals surface area contributed by atoms with E-state index in [0.717, 1.165) is 6.42 Å². The molecule has 0 aliphatic carbocycles. The molecule has 148 valence electrons. The summed E-state index contributed by atoms with van der Waals surface area (Å²) in [6.45, 7) is 12.7. The molecule has 0 saturated carbocycles. The summed E-state index contributed by atoms with van der Waals surface area (Å²) >= 11 is 0. The van der Waals surface area contributed by atoms with E-state index < -0.39 is 0 Å². The number of quaternary nitrogens is 1. The van der Waals surface area contributed by atoms with E-state index in [1.165, 1.54) is 108 Å². The van der Waals surface area contributed by atoms with Crippen LogP contribution in [0.25, 0.3) is 0 Å². The van der Waals surface area contributed by atoms with Gasteiger partial charge in [0.25, 0.3) is 0 Å². The molecule has 0 aromatic heterocycles. The maximum atomic E-state index is 9.16. The highest BCUT2D eigenvalue weighted by atomic mass is 127. The summed E-state index contributed by atoms with van der Waals surface area (Å²) in [7, 11) is 0. The summed E-state index contributed by atoms with van der Waals surface area (Å²) in [4.78, 5) is 0. The zero-order valence-corrected chi connectivity index (χ0v) is 19.2. The summed E-state index contributed by atoms with van der Waals surface area (Å²) in [5.41, 5.74) is 0. The Kier molecular flexibility index (Phi) is 22.4. The van der Waals surface area contributed by atoms with Gasteiger partial charge in [0, 0.05) is 6.61 Å². The average molecular weight is 456 g/mol. The van der Waals surface area contributed by atoms with E-state index in [1.54, 1.807) is 0 Å². The molecule has 0 amide bonds. The zero-order valence-electron chi connectivity index (χ0n) is 17.0. The van der Waals surface area contributed by atoms with Gasteiger partial charge in [-0.1, -0.05) is 52.9 Å². The maximum absolute atomic E-state index is 9.16. The molecule has 0 heterocycles. The minimum absolute atomic E-state index is 0. The molecular formula is C21H46INO. The van der Waals surface area contributed by atoms with Gasteiger partial charge in [0.15, 0.2) is 0 Å². The number of hydrogen-bond acceptors (Lipinski definition) is 1. The molecule has 24 heavy (non-hydrogen) atoms. The van der Waals surface area contributed by atoms with Crippen LogP contribution in [-0.4, -0.2) is 42.4 Å². The predicted octanol–water partition coefficient (Wildman–Crippen LogP) is 2.93. The number of nitrogens with zero attached hydrogens (tertiary/aromatic N) is 1. The largest absolute Gasteiger partial charge is 1.00 e. The molecule has 0 aliphatic heterocycles. The van der Waals surface area contributed by atoms with Gasteiger partial charge in [-0.15, -0.1) is 0 Å². The van der Waals surface area contributed by atoms with Crippen molar-refractivity contribution in [1.82, 2.24) is 0 Å². The first kappa shape index (κ1) is 26.9. The lowest BCUT2D eigenvalue weighted by Crippen LogP contribution is -3.00. The quantitative estimate of drug-likeness (QED) is 0.192. The highest BCUT2D eigenvalue weighted by Gasteiger charge is 2.25. The molecule has 0 aromatic rings. The van der Waals surface area contributed by atoms with E-state index in [1.807, 2.05) is 0 Å². The van der Waals surface area contributed by atoms with Gasteiger partial charge in [-0.25, -0.2) is 0 Å². The number of hydrogen-bond donors (Lipinski definition) is 1. The van der Waals surface area contributed by atoms with Crippen molar-refractivity contribution < 1.29 is 33.6 Å². The van der Waals surface area contributed by atoms with Crippen LogP contribution in [0.2, 0.25) is 0 Å². The molecule has 0 radical (unpaired) electrons. The summed E-state index contributed by atoms with van der Waals surface area (Å²) in [5.74, 6) is 0. The fourth-order valence-electron chi connectivity index (χ4n) is 3.68. The van der Waals surface area contributed by atoms with Gasteiger partial charge in [-0.05, 0) is 51.4 Å². The van der Waals surface area contributed by atoms with Crippen LogP contribution in [0.15, 0.2) is 0 Å². The number of aliphatic hydroxyl groups excluding tert-OH is 1. The van der Waals surface area contributed by atoms with E-state index in [0.29, 0.717) is 6.61 Å². The van der Waals surface area contributed by atoms with E-state index in [9.17, 15) is 0 Å². The Labute approximate surface area is 170 Å². The Balaban J connectivity index is 0. The molecule has 0 bridgehead atoms.